The van der Waals surface area contributed by atoms with Crippen LogP contribution in [0.3, 0.4) is 0 Å². The van der Waals surface area contributed by atoms with Gasteiger partial charge >= 0.3 is 11.9 Å². The van der Waals surface area contributed by atoms with Gasteiger partial charge in [0.2, 0.25) is 0 Å². The van der Waals surface area contributed by atoms with Gasteiger partial charge in [-0.2, -0.15) is 0 Å². The van der Waals surface area contributed by atoms with E-state index in [2.05, 4.69) is 0 Å². The van der Waals surface area contributed by atoms with Crippen molar-refractivity contribution in [1.82, 2.24) is 0 Å². The van der Waals surface area contributed by atoms with E-state index >= 15 is 0 Å². The molecule has 0 aromatic rings. The number of unbranched alkanes of at least 4 members (excludes halogenated alkanes) is 6. The van der Waals surface area contributed by atoms with E-state index in [1.807, 2.05) is 6.92 Å². The molecule has 0 bridgehead atoms. The second kappa shape index (κ2) is 18.3. The largest absolute Gasteiger partial charge is 0.466 e. The quantitative estimate of drug-likeness (QED) is 0.185. The maximum absolute atomic E-state index is 11.8. The molecule has 0 fully saturated rings. The molecule has 25 heavy (non-hydrogen) atoms. The van der Waals surface area contributed by atoms with Crippen LogP contribution in [0.15, 0.2) is 0 Å². The third kappa shape index (κ3) is 16.7. The number of hydrogen-bond donors (Lipinski definition) is 0. The van der Waals surface area contributed by atoms with Crippen molar-refractivity contribution < 1.29 is 19.1 Å². The Hall–Kier alpha value is -0.480. The van der Waals surface area contributed by atoms with E-state index in [1.165, 1.54) is 0 Å². The number of rotatable bonds is 17. The molecule has 0 radical (unpaired) electrons. The highest BCUT2D eigenvalue weighted by Crippen LogP contribution is 2.11. The molecule has 0 aliphatic rings. The molecule has 0 rings (SSSR count). The Morgan fingerprint density at radius 2 is 1.28 bits per heavy atom. The van der Waals surface area contributed by atoms with E-state index in [0.29, 0.717) is 44.2 Å². The summed E-state index contributed by atoms with van der Waals surface area (Å²) in [5, 5.41) is 0. The summed E-state index contributed by atoms with van der Waals surface area (Å²) >= 11 is 11.2. The Morgan fingerprint density at radius 3 is 1.84 bits per heavy atom. The smallest absolute Gasteiger partial charge is 0.308 e. The number of hydrogen-bond acceptors (Lipinski definition) is 4. The minimum Gasteiger partial charge on any atom is -0.466 e. The zero-order valence-corrected chi connectivity index (χ0v) is 17.1. The Kier molecular flexibility index (Phi) is 18.0. The third-order valence-electron chi connectivity index (χ3n) is 3.98. The zero-order chi connectivity index (χ0) is 18.8. The van der Waals surface area contributed by atoms with Crippen LogP contribution in [0.5, 0.6) is 0 Å². The Morgan fingerprint density at radius 1 is 0.760 bits per heavy atom. The minimum atomic E-state index is -0.183. The van der Waals surface area contributed by atoms with Gasteiger partial charge in [0.1, 0.15) is 0 Å². The van der Waals surface area contributed by atoms with Gasteiger partial charge in [-0.15, -0.1) is 23.2 Å². The van der Waals surface area contributed by atoms with Crippen LogP contribution in [-0.2, 0) is 19.1 Å². The van der Waals surface area contributed by atoms with Crippen molar-refractivity contribution in [2.24, 2.45) is 5.92 Å². The van der Waals surface area contributed by atoms with E-state index in [-0.39, 0.29) is 17.9 Å². The molecule has 0 saturated heterocycles. The molecule has 0 amide bonds. The first-order chi connectivity index (χ1) is 12.1. The van der Waals surface area contributed by atoms with Crippen molar-refractivity contribution in [2.75, 3.05) is 25.0 Å². The summed E-state index contributed by atoms with van der Waals surface area (Å²) in [6.07, 6.45) is 9.67. The van der Waals surface area contributed by atoms with Crippen molar-refractivity contribution in [1.29, 1.82) is 0 Å². The highest BCUT2D eigenvalue weighted by molar-refractivity contribution is 6.18. The predicted molar refractivity (Wildman–Crippen MR) is 103 cm³/mol. The Bertz CT molecular complexity index is 337. The number of carbonyl (C=O) groups excluding carboxylic acids is 2. The fraction of sp³-hybridized carbons (Fsp3) is 0.895. The molecule has 0 aromatic carbocycles. The highest BCUT2D eigenvalue weighted by atomic mass is 35.5. The average Bonchev–Trinajstić information content (AvgIpc) is 2.60. The minimum absolute atomic E-state index is 0.175. The monoisotopic (exact) mass is 396 g/mol. The number of carbonyl (C=O) groups is 2. The first-order valence-electron chi connectivity index (χ1n) is 9.56. The van der Waals surface area contributed by atoms with Crippen LogP contribution in [0.1, 0.15) is 77.6 Å². The van der Waals surface area contributed by atoms with E-state index < -0.39 is 0 Å². The normalized spacial score (nSPS) is 12.0. The van der Waals surface area contributed by atoms with E-state index in [0.717, 1.165) is 51.4 Å². The molecule has 0 heterocycles. The molecule has 1 atom stereocenters. The molecule has 0 aromatic heterocycles. The molecule has 0 aliphatic carbocycles. The molecule has 0 aliphatic heterocycles. The van der Waals surface area contributed by atoms with Crippen LogP contribution in [0.4, 0.5) is 0 Å². The molecular formula is C19H34Cl2O4. The average molecular weight is 397 g/mol. The first-order valence-corrected chi connectivity index (χ1v) is 10.6. The van der Waals surface area contributed by atoms with Crippen LogP contribution in [0.2, 0.25) is 0 Å². The second-order valence-electron chi connectivity index (χ2n) is 6.39. The van der Waals surface area contributed by atoms with E-state index in [1.54, 1.807) is 0 Å². The summed E-state index contributed by atoms with van der Waals surface area (Å²) in [6.45, 7) is 2.79. The molecule has 6 heteroatoms. The molecule has 1 unspecified atom stereocenters. The van der Waals surface area contributed by atoms with Crippen molar-refractivity contribution in [3.63, 3.8) is 0 Å². The maximum Gasteiger partial charge on any atom is 0.308 e. The van der Waals surface area contributed by atoms with E-state index in [4.69, 9.17) is 32.7 Å². The Labute approximate surface area is 162 Å². The Balaban J connectivity index is 3.52. The predicted octanol–water partition coefficient (Wildman–Crippen LogP) is 5.48. The number of ether oxygens (including phenoxy) is 2. The van der Waals surface area contributed by atoms with Crippen molar-refractivity contribution >= 4 is 35.1 Å². The number of esters is 2. The van der Waals surface area contributed by atoms with Gasteiger partial charge in [0.25, 0.3) is 0 Å². The molecule has 0 N–H and O–H groups in total. The lowest BCUT2D eigenvalue weighted by Crippen LogP contribution is -2.16. The van der Waals surface area contributed by atoms with Crippen LogP contribution < -0.4 is 0 Å². The van der Waals surface area contributed by atoms with Crippen molar-refractivity contribution in [3.05, 3.63) is 0 Å². The second-order valence-corrected chi connectivity index (χ2v) is 7.14. The highest BCUT2D eigenvalue weighted by Gasteiger charge is 2.15. The van der Waals surface area contributed by atoms with Crippen molar-refractivity contribution in [2.45, 2.75) is 77.6 Å². The lowest BCUT2D eigenvalue weighted by molar-refractivity contribution is -0.149. The van der Waals surface area contributed by atoms with Gasteiger partial charge in [0.05, 0.1) is 19.1 Å². The van der Waals surface area contributed by atoms with Gasteiger partial charge in [-0.25, -0.2) is 0 Å². The van der Waals surface area contributed by atoms with Gasteiger partial charge in [-0.3, -0.25) is 9.59 Å². The molecule has 0 saturated carbocycles. The number of halogens is 2. The lowest BCUT2D eigenvalue weighted by Gasteiger charge is -2.11. The van der Waals surface area contributed by atoms with Crippen LogP contribution in [0, 0.1) is 5.92 Å². The third-order valence-corrected chi connectivity index (χ3v) is 4.52. The van der Waals surface area contributed by atoms with Gasteiger partial charge in [-0.1, -0.05) is 32.6 Å². The molecular weight excluding hydrogens is 363 g/mol. The topological polar surface area (TPSA) is 52.6 Å². The summed E-state index contributed by atoms with van der Waals surface area (Å²) < 4.78 is 10.4. The van der Waals surface area contributed by atoms with Gasteiger partial charge in [-0.05, 0) is 38.5 Å². The van der Waals surface area contributed by atoms with Crippen LogP contribution >= 0.6 is 23.2 Å². The standard InChI is InChI=1S/C19H34Cl2O4/c1-17(19(23)25-16-9-5-3-7-14-21)11-10-12-18(22)24-15-8-4-2-6-13-20/h17H,2-16H2,1H3. The maximum atomic E-state index is 11.8. The molecule has 148 valence electrons. The van der Waals surface area contributed by atoms with Crippen molar-refractivity contribution in [3.8, 4) is 0 Å². The van der Waals surface area contributed by atoms with E-state index in [9.17, 15) is 9.59 Å². The summed E-state index contributed by atoms with van der Waals surface area (Å²) in [4.78, 5) is 23.4. The summed E-state index contributed by atoms with van der Waals surface area (Å²) in [5.41, 5.74) is 0. The SMILES string of the molecule is CC(CCCC(=O)OCCCCCCCl)C(=O)OCCCCCCCl. The summed E-state index contributed by atoms with van der Waals surface area (Å²) in [7, 11) is 0. The van der Waals surface area contributed by atoms with Gasteiger partial charge in [0.15, 0.2) is 0 Å². The summed E-state index contributed by atoms with van der Waals surface area (Å²) in [6, 6.07) is 0. The van der Waals surface area contributed by atoms with Crippen LogP contribution in [-0.4, -0.2) is 36.9 Å². The van der Waals surface area contributed by atoms with Crippen LogP contribution in [0.25, 0.3) is 0 Å². The first kappa shape index (κ1) is 24.5. The molecule has 4 nitrogen and oxygen atoms in total. The van der Waals surface area contributed by atoms with Gasteiger partial charge in [0, 0.05) is 18.2 Å². The fourth-order valence-electron chi connectivity index (χ4n) is 2.34. The zero-order valence-electron chi connectivity index (χ0n) is 15.6. The lowest BCUT2D eigenvalue weighted by atomic mass is 10.0. The van der Waals surface area contributed by atoms with Gasteiger partial charge < -0.3 is 9.47 Å². The number of alkyl halides is 2. The fourth-order valence-corrected chi connectivity index (χ4v) is 2.72. The molecule has 0 spiro atoms. The summed E-state index contributed by atoms with van der Waals surface area (Å²) in [5.74, 6) is 0.843.